The number of benzene rings is 3. The minimum atomic E-state index is -0.181. The van der Waals surface area contributed by atoms with Crippen LogP contribution in [0.3, 0.4) is 0 Å². The van der Waals surface area contributed by atoms with Crippen molar-refractivity contribution in [1.82, 2.24) is 0 Å². The van der Waals surface area contributed by atoms with Gasteiger partial charge in [0, 0.05) is 0 Å². The van der Waals surface area contributed by atoms with Gasteiger partial charge in [0.1, 0.15) is 5.82 Å². The van der Waals surface area contributed by atoms with Crippen LogP contribution in [0.1, 0.15) is 11.1 Å². The van der Waals surface area contributed by atoms with E-state index in [-0.39, 0.29) is 11.7 Å². The minimum absolute atomic E-state index is 0.121. The highest BCUT2D eigenvalue weighted by Crippen LogP contribution is 2.35. The first-order valence-corrected chi connectivity index (χ1v) is 11.0. The molecule has 0 aromatic heterocycles. The van der Waals surface area contributed by atoms with Crippen LogP contribution >= 0.6 is 0 Å². The van der Waals surface area contributed by atoms with Crippen LogP contribution in [0.25, 0.3) is 0 Å². The standard InChI is InChI=1S/C26H26FN3O/c27-22-9-3-6-12-25(22)29-17-15-28(16-18-29)19-26(31)30-23-10-4-1-7-20(23)13-14-21-8-2-5-11-24(21)30/h1-12H,13-19H2/p+1. The zero-order valence-electron chi connectivity index (χ0n) is 17.6. The molecular formula is C26H27FN3O+. The molecule has 2 aliphatic heterocycles. The lowest BCUT2D eigenvalue weighted by molar-refractivity contribution is -0.892. The van der Waals surface area contributed by atoms with Crippen molar-refractivity contribution in [3.8, 4) is 0 Å². The molecule has 1 saturated heterocycles. The molecule has 0 bridgehead atoms. The molecule has 0 radical (unpaired) electrons. The Morgan fingerprint density at radius 1 is 0.774 bits per heavy atom. The molecule has 1 fully saturated rings. The van der Waals surface area contributed by atoms with Crippen LogP contribution in [0.4, 0.5) is 21.5 Å². The summed E-state index contributed by atoms with van der Waals surface area (Å²) in [5, 5.41) is 0. The van der Waals surface area contributed by atoms with Crippen molar-refractivity contribution in [3.63, 3.8) is 0 Å². The highest BCUT2D eigenvalue weighted by atomic mass is 19.1. The van der Waals surface area contributed by atoms with E-state index in [1.54, 1.807) is 6.07 Å². The van der Waals surface area contributed by atoms with Gasteiger partial charge in [-0.3, -0.25) is 9.69 Å². The first-order valence-electron chi connectivity index (χ1n) is 11.0. The summed E-state index contributed by atoms with van der Waals surface area (Å²) in [4.78, 5) is 18.8. The van der Waals surface area contributed by atoms with Crippen molar-refractivity contribution < 1.29 is 14.1 Å². The number of hydrogen-bond donors (Lipinski definition) is 1. The zero-order valence-corrected chi connectivity index (χ0v) is 17.6. The molecule has 0 spiro atoms. The van der Waals surface area contributed by atoms with E-state index in [0.29, 0.717) is 12.2 Å². The van der Waals surface area contributed by atoms with Crippen molar-refractivity contribution >= 4 is 23.0 Å². The maximum absolute atomic E-state index is 14.1. The van der Waals surface area contributed by atoms with Gasteiger partial charge < -0.3 is 9.80 Å². The molecule has 1 N–H and O–H groups in total. The molecule has 0 saturated carbocycles. The monoisotopic (exact) mass is 416 g/mol. The molecular weight excluding hydrogens is 389 g/mol. The first-order chi connectivity index (χ1) is 15.2. The van der Waals surface area contributed by atoms with E-state index >= 15 is 0 Å². The molecule has 2 heterocycles. The van der Waals surface area contributed by atoms with Crippen LogP contribution < -0.4 is 14.7 Å². The summed E-state index contributed by atoms with van der Waals surface area (Å²) >= 11 is 0. The van der Waals surface area contributed by atoms with Gasteiger partial charge >= 0.3 is 0 Å². The number of carbonyl (C=O) groups is 1. The maximum Gasteiger partial charge on any atom is 0.286 e. The zero-order chi connectivity index (χ0) is 21.2. The second-order valence-corrected chi connectivity index (χ2v) is 8.35. The van der Waals surface area contributed by atoms with Crippen LogP contribution in [-0.4, -0.2) is 38.6 Å². The number of carbonyl (C=O) groups excluding carboxylic acids is 1. The Hall–Kier alpha value is -3.18. The van der Waals surface area contributed by atoms with Gasteiger partial charge in [-0.15, -0.1) is 0 Å². The molecule has 158 valence electrons. The summed E-state index contributed by atoms with van der Waals surface area (Å²) in [7, 11) is 0. The van der Waals surface area contributed by atoms with E-state index in [1.165, 1.54) is 22.1 Å². The average Bonchev–Trinajstić information content (AvgIpc) is 2.97. The fraction of sp³-hybridized carbons (Fsp3) is 0.269. The van der Waals surface area contributed by atoms with Gasteiger partial charge in [-0.1, -0.05) is 48.5 Å². The summed E-state index contributed by atoms with van der Waals surface area (Å²) in [5.74, 6) is -0.0593. The number of rotatable bonds is 3. The Balaban J connectivity index is 1.34. The Morgan fingerprint density at radius 3 is 1.87 bits per heavy atom. The van der Waals surface area contributed by atoms with Crippen molar-refractivity contribution in [1.29, 1.82) is 0 Å². The number of halogens is 1. The quantitative estimate of drug-likeness (QED) is 0.711. The second kappa shape index (κ2) is 8.52. The lowest BCUT2D eigenvalue weighted by atomic mass is 10.0. The summed E-state index contributed by atoms with van der Waals surface area (Å²) in [6.45, 7) is 3.57. The Bertz CT molecular complexity index is 1040. The molecule has 31 heavy (non-hydrogen) atoms. The third-order valence-corrected chi connectivity index (χ3v) is 6.44. The van der Waals surface area contributed by atoms with Gasteiger partial charge in [-0.2, -0.15) is 0 Å². The number of anilines is 3. The topological polar surface area (TPSA) is 28.0 Å². The number of amides is 1. The molecule has 0 aliphatic carbocycles. The molecule has 5 rings (SSSR count). The third-order valence-electron chi connectivity index (χ3n) is 6.44. The highest BCUT2D eigenvalue weighted by Gasteiger charge is 2.30. The highest BCUT2D eigenvalue weighted by molar-refractivity contribution is 6.02. The predicted octanol–water partition coefficient (Wildman–Crippen LogP) is 2.99. The summed E-state index contributed by atoms with van der Waals surface area (Å²) < 4.78 is 14.1. The number of para-hydroxylation sites is 3. The number of quaternary nitrogens is 1. The van der Waals surface area contributed by atoms with E-state index in [9.17, 15) is 9.18 Å². The van der Waals surface area contributed by atoms with Crippen molar-refractivity contribution in [2.24, 2.45) is 0 Å². The maximum atomic E-state index is 14.1. The fourth-order valence-electron chi connectivity index (χ4n) is 4.79. The number of fused-ring (bicyclic) bond motifs is 2. The molecule has 4 nitrogen and oxygen atoms in total. The SMILES string of the molecule is O=C(C[NH+]1CCN(c2ccccc2F)CC1)N1c2ccccc2CCc2ccccc21. The number of nitrogens with one attached hydrogen (secondary N) is 1. The number of piperazine rings is 1. The largest absolute Gasteiger partial charge is 0.358 e. The molecule has 3 aromatic rings. The van der Waals surface area contributed by atoms with Crippen molar-refractivity contribution in [2.75, 3.05) is 42.5 Å². The van der Waals surface area contributed by atoms with Gasteiger partial charge in [0.15, 0.2) is 6.54 Å². The molecule has 5 heteroatoms. The van der Waals surface area contributed by atoms with Gasteiger partial charge in [0.05, 0.1) is 43.2 Å². The van der Waals surface area contributed by atoms with E-state index in [1.807, 2.05) is 41.3 Å². The van der Waals surface area contributed by atoms with Crippen LogP contribution in [-0.2, 0) is 17.6 Å². The summed E-state index contributed by atoms with van der Waals surface area (Å²) in [6, 6.07) is 23.4. The minimum Gasteiger partial charge on any atom is -0.358 e. The van der Waals surface area contributed by atoms with Crippen molar-refractivity contribution in [2.45, 2.75) is 12.8 Å². The summed E-state index contributed by atoms with van der Waals surface area (Å²) in [5.41, 5.74) is 5.09. The van der Waals surface area contributed by atoms with Crippen LogP contribution in [0.2, 0.25) is 0 Å². The molecule has 0 unspecified atom stereocenters. The summed E-state index contributed by atoms with van der Waals surface area (Å²) in [6.07, 6.45) is 1.87. The number of nitrogens with zero attached hydrogens (tertiary/aromatic N) is 2. The first kappa shape index (κ1) is 19.8. The van der Waals surface area contributed by atoms with E-state index in [4.69, 9.17) is 0 Å². The lowest BCUT2D eigenvalue weighted by Crippen LogP contribution is -3.15. The average molecular weight is 417 g/mol. The van der Waals surface area contributed by atoms with E-state index < -0.39 is 0 Å². The lowest BCUT2D eigenvalue weighted by Gasteiger charge is -2.34. The number of aryl methyl sites for hydroxylation is 2. The molecule has 0 atom stereocenters. The molecule has 2 aliphatic rings. The Morgan fingerprint density at radius 2 is 1.29 bits per heavy atom. The normalized spacial score (nSPS) is 16.4. The predicted molar refractivity (Wildman–Crippen MR) is 122 cm³/mol. The van der Waals surface area contributed by atoms with Gasteiger partial charge in [0.2, 0.25) is 0 Å². The number of hydrogen-bond acceptors (Lipinski definition) is 2. The van der Waals surface area contributed by atoms with E-state index in [2.05, 4.69) is 29.2 Å². The third kappa shape index (κ3) is 3.93. The fourth-order valence-corrected chi connectivity index (χ4v) is 4.79. The van der Waals surface area contributed by atoms with Gasteiger partial charge in [-0.05, 0) is 48.2 Å². The molecule has 1 amide bonds. The smallest absolute Gasteiger partial charge is 0.286 e. The van der Waals surface area contributed by atoms with Crippen LogP contribution in [0.5, 0.6) is 0 Å². The Kier molecular flexibility index (Phi) is 5.43. The van der Waals surface area contributed by atoms with Crippen LogP contribution in [0.15, 0.2) is 72.8 Å². The molecule has 3 aromatic carbocycles. The van der Waals surface area contributed by atoms with Gasteiger partial charge in [0.25, 0.3) is 5.91 Å². The van der Waals surface area contributed by atoms with Crippen LogP contribution in [0, 0.1) is 5.82 Å². The van der Waals surface area contributed by atoms with Crippen molar-refractivity contribution in [3.05, 3.63) is 89.7 Å². The van der Waals surface area contributed by atoms with E-state index in [0.717, 1.165) is 50.4 Å². The second-order valence-electron chi connectivity index (χ2n) is 8.35. The van der Waals surface area contributed by atoms with Gasteiger partial charge in [-0.25, -0.2) is 4.39 Å². The Labute approximate surface area is 182 Å².